The van der Waals surface area contributed by atoms with Crippen molar-refractivity contribution in [2.24, 2.45) is 5.92 Å². The van der Waals surface area contributed by atoms with E-state index in [-0.39, 0.29) is 0 Å². The van der Waals surface area contributed by atoms with E-state index in [0.29, 0.717) is 6.04 Å². The van der Waals surface area contributed by atoms with E-state index in [9.17, 15) is 0 Å². The number of benzene rings is 1. The van der Waals surface area contributed by atoms with Gasteiger partial charge >= 0.3 is 0 Å². The zero-order valence-corrected chi connectivity index (χ0v) is 14.0. The van der Waals surface area contributed by atoms with Crippen molar-refractivity contribution in [1.82, 2.24) is 5.32 Å². The van der Waals surface area contributed by atoms with Crippen LogP contribution in [0.4, 0.5) is 0 Å². The predicted molar refractivity (Wildman–Crippen MR) is 90.0 cm³/mol. The smallest absolute Gasteiger partial charge is 0.124 e. The molecule has 0 bridgehead atoms. The fourth-order valence-corrected chi connectivity index (χ4v) is 3.17. The third kappa shape index (κ3) is 5.03. The van der Waals surface area contributed by atoms with Gasteiger partial charge in [-0.3, -0.25) is 0 Å². The van der Waals surface area contributed by atoms with Crippen LogP contribution in [-0.4, -0.2) is 13.2 Å². The van der Waals surface area contributed by atoms with Gasteiger partial charge in [0.2, 0.25) is 0 Å². The first kappa shape index (κ1) is 16.4. The Morgan fingerprint density at radius 2 is 2.00 bits per heavy atom. The van der Waals surface area contributed by atoms with Crippen LogP contribution in [0.15, 0.2) is 18.2 Å². The van der Waals surface area contributed by atoms with E-state index in [1.165, 1.54) is 43.2 Å². The van der Waals surface area contributed by atoms with Crippen molar-refractivity contribution in [2.45, 2.75) is 65.3 Å². The molecule has 0 spiro atoms. The van der Waals surface area contributed by atoms with Crippen LogP contribution in [0.1, 0.15) is 69.5 Å². The first-order valence-electron chi connectivity index (χ1n) is 8.67. The summed E-state index contributed by atoms with van der Waals surface area (Å²) in [4.78, 5) is 0. The first-order valence-corrected chi connectivity index (χ1v) is 8.67. The van der Waals surface area contributed by atoms with Gasteiger partial charge in [0.1, 0.15) is 5.75 Å². The zero-order valence-electron chi connectivity index (χ0n) is 14.0. The van der Waals surface area contributed by atoms with Crippen molar-refractivity contribution in [2.75, 3.05) is 13.2 Å². The van der Waals surface area contributed by atoms with Gasteiger partial charge < -0.3 is 10.1 Å². The average Bonchev–Trinajstić information content (AvgIpc) is 2.52. The van der Waals surface area contributed by atoms with Gasteiger partial charge in [-0.15, -0.1) is 0 Å². The lowest BCUT2D eigenvalue weighted by atomic mass is 9.90. The molecule has 0 aliphatic heterocycles. The number of rotatable bonds is 7. The van der Waals surface area contributed by atoms with Gasteiger partial charge in [-0.2, -0.15) is 0 Å². The molecule has 1 aliphatic carbocycles. The van der Waals surface area contributed by atoms with Crippen molar-refractivity contribution in [3.05, 3.63) is 29.3 Å². The SMILES string of the molecule is CCCNC(C)c1cc(C)ccc1OCC1CCCCC1. The zero-order chi connectivity index (χ0) is 15.1. The van der Waals surface area contributed by atoms with Crippen molar-refractivity contribution in [3.8, 4) is 5.75 Å². The van der Waals surface area contributed by atoms with Gasteiger partial charge in [-0.05, 0) is 51.6 Å². The summed E-state index contributed by atoms with van der Waals surface area (Å²) >= 11 is 0. The van der Waals surface area contributed by atoms with E-state index < -0.39 is 0 Å². The van der Waals surface area contributed by atoms with Gasteiger partial charge in [-0.25, -0.2) is 0 Å². The molecule has 1 fully saturated rings. The fourth-order valence-electron chi connectivity index (χ4n) is 3.17. The summed E-state index contributed by atoms with van der Waals surface area (Å²) < 4.78 is 6.19. The standard InChI is InChI=1S/C19H31NO/c1-4-12-20-16(3)18-13-15(2)10-11-19(18)21-14-17-8-6-5-7-9-17/h10-11,13,16-17,20H,4-9,12,14H2,1-3H3. The Kier molecular flexibility index (Phi) is 6.56. The van der Waals surface area contributed by atoms with Crippen molar-refractivity contribution in [3.63, 3.8) is 0 Å². The summed E-state index contributed by atoms with van der Waals surface area (Å²) in [5.41, 5.74) is 2.61. The van der Waals surface area contributed by atoms with E-state index in [2.05, 4.69) is 44.3 Å². The summed E-state index contributed by atoms with van der Waals surface area (Å²) in [5.74, 6) is 1.83. The second kappa shape index (κ2) is 8.43. The van der Waals surface area contributed by atoms with E-state index in [1.54, 1.807) is 0 Å². The van der Waals surface area contributed by atoms with E-state index in [0.717, 1.165) is 31.2 Å². The maximum absolute atomic E-state index is 6.19. The monoisotopic (exact) mass is 289 g/mol. The maximum atomic E-state index is 6.19. The van der Waals surface area contributed by atoms with Crippen LogP contribution in [0, 0.1) is 12.8 Å². The highest BCUT2D eigenvalue weighted by Gasteiger charge is 2.16. The van der Waals surface area contributed by atoms with Crippen LogP contribution >= 0.6 is 0 Å². The third-order valence-electron chi connectivity index (χ3n) is 4.53. The summed E-state index contributed by atoms with van der Waals surface area (Å²) in [6, 6.07) is 6.93. The molecule has 1 N–H and O–H groups in total. The molecule has 1 aromatic rings. The molecule has 1 saturated carbocycles. The molecule has 118 valence electrons. The summed E-state index contributed by atoms with van der Waals surface area (Å²) in [5, 5.41) is 3.57. The van der Waals surface area contributed by atoms with E-state index >= 15 is 0 Å². The van der Waals surface area contributed by atoms with Crippen LogP contribution < -0.4 is 10.1 Å². The number of hydrogen-bond acceptors (Lipinski definition) is 2. The van der Waals surface area contributed by atoms with Crippen LogP contribution in [0.5, 0.6) is 5.75 Å². The number of nitrogens with one attached hydrogen (secondary N) is 1. The van der Waals surface area contributed by atoms with E-state index in [4.69, 9.17) is 4.74 Å². The van der Waals surface area contributed by atoms with Gasteiger partial charge in [0, 0.05) is 11.6 Å². The lowest BCUT2D eigenvalue weighted by Crippen LogP contribution is -2.21. The van der Waals surface area contributed by atoms with Crippen molar-refractivity contribution >= 4 is 0 Å². The Morgan fingerprint density at radius 3 is 2.71 bits per heavy atom. The quantitative estimate of drug-likeness (QED) is 0.761. The third-order valence-corrected chi connectivity index (χ3v) is 4.53. The van der Waals surface area contributed by atoms with Crippen LogP contribution in [0.3, 0.4) is 0 Å². The number of ether oxygens (including phenoxy) is 1. The first-order chi connectivity index (χ1) is 10.2. The Labute approximate surface area is 130 Å². The second-order valence-corrected chi connectivity index (χ2v) is 6.53. The maximum Gasteiger partial charge on any atom is 0.124 e. The van der Waals surface area contributed by atoms with E-state index in [1.807, 2.05) is 0 Å². The average molecular weight is 289 g/mol. The molecule has 1 atom stereocenters. The normalized spacial score (nSPS) is 17.7. The predicted octanol–water partition coefficient (Wildman–Crippen LogP) is 5.01. The Bertz CT molecular complexity index is 424. The van der Waals surface area contributed by atoms with Crippen LogP contribution in [-0.2, 0) is 0 Å². The summed E-state index contributed by atoms with van der Waals surface area (Å²) in [7, 11) is 0. The molecule has 2 nitrogen and oxygen atoms in total. The molecule has 0 heterocycles. The molecule has 1 aromatic carbocycles. The molecule has 0 radical (unpaired) electrons. The van der Waals surface area contributed by atoms with Crippen LogP contribution in [0.25, 0.3) is 0 Å². The highest BCUT2D eigenvalue weighted by Crippen LogP contribution is 2.29. The minimum absolute atomic E-state index is 0.353. The minimum atomic E-state index is 0.353. The summed E-state index contributed by atoms with van der Waals surface area (Å²) in [6.45, 7) is 8.53. The Morgan fingerprint density at radius 1 is 1.24 bits per heavy atom. The molecule has 2 heteroatoms. The van der Waals surface area contributed by atoms with Crippen molar-refractivity contribution in [1.29, 1.82) is 0 Å². The van der Waals surface area contributed by atoms with Gasteiger partial charge in [0.05, 0.1) is 6.61 Å². The van der Waals surface area contributed by atoms with Crippen LogP contribution in [0.2, 0.25) is 0 Å². The number of aryl methyl sites for hydroxylation is 1. The lowest BCUT2D eigenvalue weighted by molar-refractivity contribution is 0.206. The highest BCUT2D eigenvalue weighted by atomic mass is 16.5. The Hall–Kier alpha value is -1.02. The molecule has 0 amide bonds. The molecule has 1 unspecified atom stereocenters. The minimum Gasteiger partial charge on any atom is -0.493 e. The largest absolute Gasteiger partial charge is 0.493 e. The van der Waals surface area contributed by atoms with Gasteiger partial charge in [0.15, 0.2) is 0 Å². The molecule has 0 aromatic heterocycles. The lowest BCUT2D eigenvalue weighted by Gasteiger charge is -2.24. The van der Waals surface area contributed by atoms with Gasteiger partial charge in [-0.1, -0.05) is 43.9 Å². The molecule has 2 rings (SSSR count). The molecular weight excluding hydrogens is 258 g/mol. The topological polar surface area (TPSA) is 21.3 Å². The second-order valence-electron chi connectivity index (χ2n) is 6.53. The fraction of sp³-hybridized carbons (Fsp3) is 0.684. The van der Waals surface area contributed by atoms with Crippen molar-refractivity contribution < 1.29 is 4.74 Å². The highest BCUT2D eigenvalue weighted by molar-refractivity contribution is 5.39. The molecule has 0 saturated heterocycles. The molecule has 21 heavy (non-hydrogen) atoms. The number of hydrogen-bond donors (Lipinski definition) is 1. The molecule has 1 aliphatic rings. The molecular formula is C19H31NO. The summed E-state index contributed by atoms with van der Waals surface area (Å²) in [6.07, 6.45) is 8.00. The van der Waals surface area contributed by atoms with Gasteiger partial charge in [0.25, 0.3) is 0 Å². The Balaban J connectivity index is 1.99.